The number of thiocarbonyl (C=S) groups is 1. The van der Waals surface area contributed by atoms with Gasteiger partial charge in [-0.05, 0) is 98.4 Å². The Balaban J connectivity index is 1.54. The quantitative estimate of drug-likeness (QED) is 0.248. The number of hydrogen-bond donors (Lipinski definition) is 0. The standard InChI is InChI=1S/C24H22Br2Cl2N2O2S/c1-29-21(23(31)30(24(29)33)16-5-3-2-4-6-16)12-15-9-17(25)22(18(26)10-15)32-13-14-7-8-19(27)20(28)11-14/h7-12,16H,2-6,13H2,1H3/b21-12-. The lowest BCUT2D eigenvalue weighted by Gasteiger charge is -2.30. The van der Waals surface area contributed by atoms with Crippen LogP contribution < -0.4 is 4.74 Å². The van der Waals surface area contributed by atoms with E-state index < -0.39 is 0 Å². The number of amides is 1. The van der Waals surface area contributed by atoms with Gasteiger partial charge in [-0.1, -0.05) is 48.5 Å². The lowest BCUT2D eigenvalue weighted by Crippen LogP contribution is -2.41. The third kappa shape index (κ3) is 5.43. The average Bonchev–Trinajstić information content (AvgIpc) is 2.99. The molecular formula is C24H22Br2Cl2N2O2S. The van der Waals surface area contributed by atoms with E-state index in [2.05, 4.69) is 31.9 Å². The third-order valence-electron chi connectivity index (χ3n) is 5.92. The van der Waals surface area contributed by atoms with Crippen LogP contribution in [-0.2, 0) is 11.4 Å². The first-order chi connectivity index (χ1) is 15.8. The summed E-state index contributed by atoms with van der Waals surface area (Å²) in [5, 5.41) is 1.58. The Labute approximate surface area is 226 Å². The molecule has 0 unspecified atom stereocenters. The molecule has 0 atom stereocenters. The Morgan fingerprint density at radius 1 is 1.09 bits per heavy atom. The molecule has 9 heteroatoms. The average molecular weight is 633 g/mol. The summed E-state index contributed by atoms with van der Waals surface area (Å²) < 4.78 is 7.54. The van der Waals surface area contributed by atoms with E-state index in [1.165, 1.54) is 6.42 Å². The van der Waals surface area contributed by atoms with E-state index in [9.17, 15) is 4.79 Å². The molecule has 0 aromatic heterocycles. The molecule has 1 heterocycles. The van der Waals surface area contributed by atoms with Crippen LogP contribution in [0.15, 0.2) is 45.0 Å². The first kappa shape index (κ1) is 25.0. The van der Waals surface area contributed by atoms with Crippen LogP contribution in [0.5, 0.6) is 5.75 Å². The largest absolute Gasteiger partial charge is 0.487 e. The molecular weight excluding hydrogens is 611 g/mol. The van der Waals surface area contributed by atoms with Gasteiger partial charge in [0, 0.05) is 13.1 Å². The molecule has 2 aromatic carbocycles. The molecule has 2 aliphatic rings. The van der Waals surface area contributed by atoms with Crippen molar-refractivity contribution in [3.63, 3.8) is 0 Å². The van der Waals surface area contributed by atoms with Gasteiger partial charge in [0.25, 0.3) is 5.91 Å². The predicted molar refractivity (Wildman–Crippen MR) is 145 cm³/mol. The van der Waals surface area contributed by atoms with Gasteiger partial charge in [0.15, 0.2) is 5.11 Å². The summed E-state index contributed by atoms with van der Waals surface area (Å²) in [4.78, 5) is 16.9. The van der Waals surface area contributed by atoms with Crippen molar-refractivity contribution in [2.24, 2.45) is 0 Å². The molecule has 1 amide bonds. The second-order valence-corrected chi connectivity index (χ2v) is 11.1. The van der Waals surface area contributed by atoms with Crippen LogP contribution in [0.3, 0.4) is 0 Å². The highest BCUT2D eigenvalue weighted by molar-refractivity contribution is 9.11. The number of nitrogens with zero attached hydrogens (tertiary/aromatic N) is 2. The number of hydrogen-bond acceptors (Lipinski definition) is 3. The van der Waals surface area contributed by atoms with E-state index in [0.717, 1.165) is 45.8 Å². The van der Waals surface area contributed by atoms with Crippen molar-refractivity contribution in [1.82, 2.24) is 9.80 Å². The van der Waals surface area contributed by atoms with Crippen molar-refractivity contribution < 1.29 is 9.53 Å². The van der Waals surface area contributed by atoms with E-state index in [-0.39, 0.29) is 11.9 Å². The highest BCUT2D eigenvalue weighted by Gasteiger charge is 2.40. The van der Waals surface area contributed by atoms with Crippen molar-refractivity contribution >= 4 is 84.4 Å². The number of rotatable bonds is 5. The molecule has 174 valence electrons. The maximum absolute atomic E-state index is 13.2. The number of carbonyl (C=O) groups excluding carboxylic acids is 1. The molecule has 0 bridgehead atoms. The molecule has 0 N–H and O–H groups in total. The van der Waals surface area contributed by atoms with E-state index in [4.69, 9.17) is 40.2 Å². The topological polar surface area (TPSA) is 32.8 Å². The summed E-state index contributed by atoms with van der Waals surface area (Å²) in [6.07, 6.45) is 7.40. The van der Waals surface area contributed by atoms with Crippen LogP contribution in [0.4, 0.5) is 0 Å². The summed E-state index contributed by atoms with van der Waals surface area (Å²) in [6, 6.07) is 9.45. The van der Waals surface area contributed by atoms with E-state index in [1.54, 1.807) is 17.0 Å². The smallest absolute Gasteiger partial charge is 0.277 e. The summed E-state index contributed by atoms with van der Waals surface area (Å²) >= 11 is 24.9. The first-order valence-electron chi connectivity index (χ1n) is 10.6. The maximum atomic E-state index is 13.2. The number of carbonyl (C=O) groups is 1. The Kier molecular flexibility index (Phi) is 8.06. The van der Waals surface area contributed by atoms with Gasteiger partial charge in [-0.15, -0.1) is 0 Å². The van der Waals surface area contributed by atoms with Crippen LogP contribution in [0.1, 0.15) is 43.2 Å². The molecule has 2 fully saturated rings. The second kappa shape index (κ2) is 10.6. The van der Waals surface area contributed by atoms with E-state index in [0.29, 0.717) is 33.2 Å². The molecule has 0 spiro atoms. The Morgan fingerprint density at radius 3 is 2.39 bits per heavy atom. The van der Waals surface area contributed by atoms with Crippen LogP contribution >= 0.6 is 67.3 Å². The SMILES string of the molecule is CN1C(=S)N(C2CCCCC2)C(=O)/C1=C/c1cc(Br)c(OCc2ccc(Cl)c(Cl)c2)c(Br)c1. The number of ether oxygens (including phenoxy) is 1. The molecule has 4 rings (SSSR count). The van der Waals surface area contributed by atoms with Crippen LogP contribution in [0.2, 0.25) is 10.0 Å². The zero-order valence-electron chi connectivity index (χ0n) is 17.9. The van der Waals surface area contributed by atoms with Crippen molar-refractivity contribution in [2.45, 2.75) is 44.8 Å². The van der Waals surface area contributed by atoms with Crippen molar-refractivity contribution in [2.75, 3.05) is 7.05 Å². The second-order valence-electron chi connectivity index (χ2n) is 8.19. The third-order valence-corrected chi connectivity index (χ3v) is 8.31. The maximum Gasteiger partial charge on any atom is 0.277 e. The Hall–Kier alpha value is -1.12. The molecule has 4 nitrogen and oxygen atoms in total. The van der Waals surface area contributed by atoms with Crippen LogP contribution in [0.25, 0.3) is 6.08 Å². The van der Waals surface area contributed by atoms with Gasteiger partial charge in [0.2, 0.25) is 0 Å². The minimum Gasteiger partial charge on any atom is -0.487 e. The number of benzene rings is 2. The predicted octanol–water partition coefficient (Wildman–Crippen LogP) is 7.83. The van der Waals surface area contributed by atoms with Gasteiger partial charge in [-0.25, -0.2) is 0 Å². The highest BCUT2D eigenvalue weighted by atomic mass is 79.9. The monoisotopic (exact) mass is 630 g/mol. The fourth-order valence-corrected chi connectivity index (χ4v) is 6.28. The first-order valence-corrected chi connectivity index (χ1v) is 13.4. The van der Waals surface area contributed by atoms with Gasteiger partial charge in [-0.3, -0.25) is 9.69 Å². The van der Waals surface area contributed by atoms with Gasteiger partial charge in [0.1, 0.15) is 18.1 Å². The summed E-state index contributed by atoms with van der Waals surface area (Å²) in [7, 11) is 1.85. The van der Waals surface area contributed by atoms with Gasteiger partial charge >= 0.3 is 0 Å². The molecule has 1 saturated carbocycles. The zero-order chi connectivity index (χ0) is 23.7. The normalized spacial score (nSPS) is 18.5. The molecule has 2 aromatic rings. The molecule has 33 heavy (non-hydrogen) atoms. The summed E-state index contributed by atoms with van der Waals surface area (Å²) in [6.45, 7) is 0.334. The van der Waals surface area contributed by atoms with E-state index >= 15 is 0 Å². The van der Waals surface area contributed by atoms with Crippen LogP contribution in [0, 0.1) is 0 Å². The van der Waals surface area contributed by atoms with Gasteiger partial charge in [-0.2, -0.15) is 0 Å². The lowest BCUT2D eigenvalue weighted by molar-refractivity contribution is -0.124. The summed E-state index contributed by atoms with van der Waals surface area (Å²) in [5.41, 5.74) is 2.34. The fraction of sp³-hybridized carbons (Fsp3) is 0.333. The number of likely N-dealkylation sites (N-methyl/N-ethyl adjacent to an activating group) is 1. The lowest BCUT2D eigenvalue weighted by atomic mass is 9.94. The fourth-order valence-electron chi connectivity index (χ4n) is 4.18. The minimum atomic E-state index is -0.0263. The zero-order valence-corrected chi connectivity index (χ0v) is 23.4. The Morgan fingerprint density at radius 2 is 1.76 bits per heavy atom. The molecule has 1 aliphatic carbocycles. The Bertz CT molecular complexity index is 1110. The summed E-state index contributed by atoms with van der Waals surface area (Å²) in [5.74, 6) is 0.635. The number of halogens is 4. The molecule has 0 radical (unpaired) electrons. The van der Waals surface area contributed by atoms with Crippen LogP contribution in [-0.4, -0.2) is 33.9 Å². The molecule has 1 aliphatic heterocycles. The molecule has 1 saturated heterocycles. The van der Waals surface area contributed by atoms with Crippen molar-refractivity contribution in [3.05, 3.63) is 66.1 Å². The van der Waals surface area contributed by atoms with E-state index in [1.807, 2.05) is 36.2 Å². The minimum absolute atomic E-state index is 0.0263. The van der Waals surface area contributed by atoms with Gasteiger partial charge in [0.05, 0.1) is 19.0 Å². The van der Waals surface area contributed by atoms with Crippen molar-refractivity contribution in [1.29, 1.82) is 0 Å². The van der Waals surface area contributed by atoms with Gasteiger partial charge < -0.3 is 9.64 Å². The highest BCUT2D eigenvalue weighted by Crippen LogP contribution is 2.37. The van der Waals surface area contributed by atoms with Crippen molar-refractivity contribution in [3.8, 4) is 5.75 Å².